The van der Waals surface area contributed by atoms with Crippen LogP contribution in [0, 0.1) is 0 Å². The first-order valence-electron chi connectivity index (χ1n) is 7.83. The highest BCUT2D eigenvalue weighted by Crippen LogP contribution is 2.40. The minimum absolute atomic E-state index is 0.0865. The van der Waals surface area contributed by atoms with E-state index in [1.54, 1.807) is 24.5 Å². The van der Waals surface area contributed by atoms with Crippen molar-refractivity contribution < 1.29 is 9.21 Å². The van der Waals surface area contributed by atoms with Crippen molar-refractivity contribution in [1.29, 1.82) is 0 Å². The van der Waals surface area contributed by atoms with Gasteiger partial charge in [0.2, 0.25) is 0 Å². The molecule has 0 aliphatic heterocycles. The second-order valence-electron chi connectivity index (χ2n) is 5.72. The van der Waals surface area contributed by atoms with E-state index in [4.69, 9.17) is 4.42 Å². The highest BCUT2D eigenvalue weighted by molar-refractivity contribution is 6.00. The van der Waals surface area contributed by atoms with Gasteiger partial charge in [0, 0.05) is 11.6 Å². The van der Waals surface area contributed by atoms with Gasteiger partial charge in [0.1, 0.15) is 11.6 Å². The van der Waals surface area contributed by atoms with E-state index in [1.165, 1.54) is 0 Å². The quantitative estimate of drug-likeness (QED) is 0.744. The van der Waals surface area contributed by atoms with Gasteiger partial charge >= 0.3 is 5.91 Å². The van der Waals surface area contributed by atoms with Crippen molar-refractivity contribution in [2.24, 2.45) is 0 Å². The number of carbonyl (C=O) groups is 1. The van der Waals surface area contributed by atoms with Crippen LogP contribution in [0.4, 0.5) is 17.2 Å². The summed E-state index contributed by atoms with van der Waals surface area (Å²) in [6.07, 6.45) is 5.44. The molecule has 1 amide bonds. The van der Waals surface area contributed by atoms with Crippen LogP contribution in [0.5, 0.6) is 0 Å². The SMILES string of the molecule is O=C(Nc1ccc(Nc2ccccc2)nc1)c1ncc(C2CC2)o1. The van der Waals surface area contributed by atoms with Gasteiger partial charge in [0.25, 0.3) is 5.89 Å². The van der Waals surface area contributed by atoms with E-state index >= 15 is 0 Å². The number of nitrogens with one attached hydrogen (secondary N) is 2. The lowest BCUT2D eigenvalue weighted by Crippen LogP contribution is -2.12. The van der Waals surface area contributed by atoms with Crippen molar-refractivity contribution in [2.45, 2.75) is 18.8 Å². The Bertz CT molecular complexity index is 839. The molecule has 120 valence electrons. The molecule has 1 aliphatic carbocycles. The Balaban J connectivity index is 1.40. The summed E-state index contributed by atoms with van der Waals surface area (Å²) in [5, 5.41) is 5.92. The Kier molecular flexibility index (Phi) is 3.70. The Morgan fingerprint density at radius 3 is 2.54 bits per heavy atom. The van der Waals surface area contributed by atoms with Crippen molar-refractivity contribution in [3.8, 4) is 0 Å². The molecule has 0 atom stereocenters. The van der Waals surface area contributed by atoms with Gasteiger partial charge in [-0.1, -0.05) is 18.2 Å². The zero-order valence-corrected chi connectivity index (χ0v) is 12.9. The third-order valence-electron chi connectivity index (χ3n) is 3.77. The summed E-state index contributed by atoms with van der Waals surface area (Å²) in [7, 11) is 0. The number of rotatable bonds is 5. The number of anilines is 3. The van der Waals surface area contributed by atoms with Crippen LogP contribution in [0.1, 0.15) is 35.2 Å². The van der Waals surface area contributed by atoms with E-state index in [9.17, 15) is 4.79 Å². The number of aromatic nitrogens is 2. The highest BCUT2D eigenvalue weighted by atomic mass is 16.4. The van der Waals surface area contributed by atoms with Crippen LogP contribution >= 0.6 is 0 Å². The maximum atomic E-state index is 12.1. The number of para-hydroxylation sites is 1. The largest absolute Gasteiger partial charge is 0.437 e. The monoisotopic (exact) mass is 320 g/mol. The summed E-state index contributed by atoms with van der Waals surface area (Å²) in [5.74, 6) is 1.65. The topological polar surface area (TPSA) is 80.0 Å². The lowest BCUT2D eigenvalue weighted by molar-refractivity contribution is 0.0988. The van der Waals surface area contributed by atoms with Gasteiger partial charge < -0.3 is 15.1 Å². The molecule has 0 spiro atoms. The lowest BCUT2D eigenvalue weighted by Gasteiger charge is -2.06. The van der Waals surface area contributed by atoms with Crippen molar-refractivity contribution in [1.82, 2.24) is 9.97 Å². The standard InChI is InChI=1S/C18H16N4O2/c23-17(18-20-11-15(24-18)12-6-7-12)22-14-8-9-16(19-10-14)21-13-4-2-1-3-5-13/h1-5,8-12H,6-7H2,(H,19,21)(H,22,23). The number of carbonyl (C=O) groups excluding carboxylic acids is 1. The number of hydrogen-bond acceptors (Lipinski definition) is 5. The third-order valence-corrected chi connectivity index (χ3v) is 3.77. The molecule has 6 heteroatoms. The predicted molar refractivity (Wildman–Crippen MR) is 90.4 cm³/mol. The number of oxazole rings is 1. The van der Waals surface area contributed by atoms with Crippen LogP contribution in [0.15, 0.2) is 59.3 Å². The first-order valence-corrected chi connectivity index (χ1v) is 7.83. The summed E-state index contributed by atoms with van der Waals surface area (Å²) < 4.78 is 5.49. The van der Waals surface area contributed by atoms with Crippen molar-refractivity contribution in [3.05, 3.63) is 66.5 Å². The van der Waals surface area contributed by atoms with E-state index in [-0.39, 0.29) is 11.8 Å². The Morgan fingerprint density at radius 2 is 1.83 bits per heavy atom. The van der Waals surface area contributed by atoms with Crippen molar-refractivity contribution in [2.75, 3.05) is 10.6 Å². The molecule has 0 unspecified atom stereocenters. The lowest BCUT2D eigenvalue weighted by atomic mass is 10.3. The van der Waals surface area contributed by atoms with Gasteiger partial charge in [-0.15, -0.1) is 0 Å². The summed E-state index contributed by atoms with van der Waals surface area (Å²) in [4.78, 5) is 20.5. The second kappa shape index (κ2) is 6.16. The van der Waals surface area contributed by atoms with Gasteiger partial charge in [-0.2, -0.15) is 0 Å². The zero-order valence-electron chi connectivity index (χ0n) is 12.9. The van der Waals surface area contributed by atoms with E-state index in [0.29, 0.717) is 17.4 Å². The van der Waals surface area contributed by atoms with E-state index in [2.05, 4.69) is 20.6 Å². The van der Waals surface area contributed by atoms with Crippen LogP contribution in [-0.2, 0) is 0 Å². The van der Waals surface area contributed by atoms with Crippen molar-refractivity contribution >= 4 is 23.1 Å². The molecule has 1 aliphatic rings. The number of hydrogen-bond donors (Lipinski definition) is 2. The number of benzene rings is 1. The molecule has 2 N–H and O–H groups in total. The van der Waals surface area contributed by atoms with Gasteiger partial charge in [0.05, 0.1) is 18.1 Å². The molecule has 3 aromatic rings. The Hall–Kier alpha value is -3.15. The minimum Gasteiger partial charge on any atom is -0.437 e. The Labute approximate surface area is 138 Å². The second-order valence-corrected chi connectivity index (χ2v) is 5.72. The molecule has 0 bridgehead atoms. The van der Waals surface area contributed by atoms with Gasteiger partial charge in [-0.05, 0) is 37.1 Å². The van der Waals surface area contributed by atoms with E-state index < -0.39 is 0 Å². The molecule has 2 heterocycles. The van der Waals surface area contributed by atoms with Crippen molar-refractivity contribution in [3.63, 3.8) is 0 Å². The summed E-state index contributed by atoms with van der Waals surface area (Å²) in [6, 6.07) is 13.3. The van der Waals surface area contributed by atoms with E-state index in [0.717, 1.165) is 24.3 Å². The van der Waals surface area contributed by atoms with Crippen LogP contribution in [0.2, 0.25) is 0 Å². The molecular weight excluding hydrogens is 304 g/mol. The molecule has 1 saturated carbocycles. The Morgan fingerprint density at radius 1 is 1.00 bits per heavy atom. The molecular formula is C18H16N4O2. The van der Waals surface area contributed by atoms with Crippen LogP contribution in [-0.4, -0.2) is 15.9 Å². The molecule has 6 nitrogen and oxygen atoms in total. The average molecular weight is 320 g/mol. The van der Waals surface area contributed by atoms with Gasteiger partial charge in [-0.25, -0.2) is 9.97 Å². The highest BCUT2D eigenvalue weighted by Gasteiger charge is 2.28. The van der Waals surface area contributed by atoms with Crippen LogP contribution in [0.3, 0.4) is 0 Å². The maximum absolute atomic E-state index is 12.1. The van der Waals surface area contributed by atoms with Gasteiger partial charge in [0.15, 0.2) is 0 Å². The first kappa shape index (κ1) is 14.4. The summed E-state index contributed by atoms with van der Waals surface area (Å²) in [5.41, 5.74) is 1.54. The average Bonchev–Trinajstić information content (AvgIpc) is 3.34. The molecule has 0 saturated heterocycles. The molecule has 0 radical (unpaired) electrons. The normalized spacial score (nSPS) is 13.5. The number of pyridine rings is 1. The van der Waals surface area contributed by atoms with Crippen LogP contribution < -0.4 is 10.6 Å². The van der Waals surface area contributed by atoms with E-state index in [1.807, 2.05) is 30.3 Å². The fourth-order valence-electron chi connectivity index (χ4n) is 2.34. The van der Waals surface area contributed by atoms with Gasteiger partial charge in [-0.3, -0.25) is 4.79 Å². The fourth-order valence-corrected chi connectivity index (χ4v) is 2.34. The molecule has 1 fully saturated rings. The smallest absolute Gasteiger partial charge is 0.311 e. The molecule has 24 heavy (non-hydrogen) atoms. The number of amides is 1. The predicted octanol–water partition coefficient (Wildman–Crippen LogP) is 3.94. The summed E-state index contributed by atoms with van der Waals surface area (Å²) in [6.45, 7) is 0. The van der Waals surface area contributed by atoms with Crippen LogP contribution in [0.25, 0.3) is 0 Å². The molecule has 1 aromatic carbocycles. The summed E-state index contributed by atoms with van der Waals surface area (Å²) >= 11 is 0. The third kappa shape index (κ3) is 3.27. The molecule has 4 rings (SSSR count). The molecule has 2 aromatic heterocycles. The zero-order chi connectivity index (χ0) is 16.4. The number of nitrogens with zero attached hydrogens (tertiary/aromatic N) is 2. The fraction of sp³-hybridized carbons (Fsp3) is 0.167. The minimum atomic E-state index is -0.368. The maximum Gasteiger partial charge on any atom is 0.311 e. The first-order chi connectivity index (χ1) is 11.8.